The Bertz CT molecular complexity index is 733. The highest BCUT2D eigenvalue weighted by Crippen LogP contribution is 2.18. The number of nitro groups is 1. The average Bonchev–Trinajstić information content (AvgIpc) is 2.97. The summed E-state index contributed by atoms with van der Waals surface area (Å²) in [6.07, 6.45) is -0.225. The molecule has 1 aromatic heterocycles. The first kappa shape index (κ1) is 16.2. The Morgan fingerprint density at radius 3 is 2.35 bits per heavy atom. The maximum atomic E-state index is 11.9. The minimum absolute atomic E-state index is 0.181. The summed E-state index contributed by atoms with van der Waals surface area (Å²) in [5, 5.41) is 13.0. The molecule has 0 aliphatic heterocycles. The molecule has 0 bridgehead atoms. The molecule has 8 heteroatoms. The Balaban J connectivity index is 2.03. The van der Waals surface area contributed by atoms with Crippen molar-refractivity contribution < 1.29 is 23.7 Å². The molecule has 1 amide bonds. The van der Waals surface area contributed by atoms with Gasteiger partial charge in [0.2, 0.25) is 0 Å². The number of furan rings is 1. The molecule has 0 atom stereocenters. The molecular weight excluding hydrogens is 304 g/mol. The largest absolute Gasteiger partial charge is 0.459 e. The van der Waals surface area contributed by atoms with Crippen LogP contribution in [-0.4, -0.2) is 22.9 Å². The lowest BCUT2D eigenvalue weighted by atomic mass is 10.2. The lowest BCUT2D eigenvalue weighted by molar-refractivity contribution is -0.402. The van der Waals surface area contributed by atoms with Crippen molar-refractivity contribution >= 4 is 23.4 Å². The van der Waals surface area contributed by atoms with Crippen molar-refractivity contribution in [2.45, 2.75) is 20.0 Å². The first-order valence-electron chi connectivity index (χ1n) is 6.73. The zero-order valence-corrected chi connectivity index (χ0v) is 12.4. The number of hydrogen-bond acceptors (Lipinski definition) is 6. The maximum absolute atomic E-state index is 11.9. The quantitative estimate of drug-likeness (QED) is 0.515. The van der Waals surface area contributed by atoms with E-state index in [1.807, 2.05) is 0 Å². The van der Waals surface area contributed by atoms with E-state index in [0.717, 1.165) is 6.07 Å². The molecule has 0 unspecified atom stereocenters. The summed E-state index contributed by atoms with van der Waals surface area (Å²) in [7, 11) is 0. The van der Waals surface area contributed by atoms with Gasteiger partial charge in [-0.1, -0.05) is 0 Å². The SMILES string of the molecule is CC(C)OC(=O)c1ccc(NC(=O)c2ccc([N+](=O)[O-])o2)cc1. The molecule has 8 nitrogen and oxygen atoms in total. The Morgan fingerprint density at radius 2 is 1.83 bits per heavy atom. The number of hydrogen-bond donors (Lipinski definition) is 1. The van der Waals surface area contributed by atoms with Crippen LogP contribution in [0.5, 0.6) is 0 Å². The molecule has 1 N–H and O–H groups in total. The van der Waals surface area contributed by atoms with Crippen LogP contribution in [0.25, 0.3) is 0 Å². The van der Waals surface area contributed by atoms with E-state index >= 15 is 0 Å². The van der Waals surface area contributed by atoms with E-state index in [4.69, 9.17) is 9.15 Å². The molecule has 0 fully saturated rings. The van der Waals surface area contributed by atoms with Crippen LogP contribution in [0.3, 0.4) is 0 Å². The van der Waals surface area contributed by atoms with E-state index in [1.165, 1.54) is 30.3 Å². The van der Waals surface area contributed by atoms with E-state index in [9.17, 15) is 19.7 Å². The number of ether oxygens (including phenoxy) is 1. The zero-order chi connectivity index (χ0) is 17.0. The number of esters is 1. The first-order chi connectivity index (χ1) is 10.9. The number of benzene rings is 1. The van der Waals surface area contributed by atoms with E-state index < -0.39 is 22.7 Å². The molecule has 0 saturated carbocycles. The first-order valence-corrected chi connectivity index (χ1v) is 6.73. The molecule has 0 saturated heterocycles. The van der Waals surface area contributed by atoms with Crippen LogP contribution in [0.15, 0.2) is 40.8 Å². The van der Waals surface area contributed by atoms with Crippen LogP contribution >= 0.6 is 0 Å². The number of rotatable bonds is 5. The van der Waals surface area contributed by atoms with E-state index in [-0.39, 0.29) is 11.9 Å². The second-order valence-corrected chi connectivity index (χ2v) is 4.88. The third kappa shape index (κ3) is 4.16. The molecule has 120 valence electrons. The molecule has 0 radical (unpaired) electrons. The zero-order valence-electron chi connectivity index (χ0n) is 12.4. The van der Waals surface area contributed by atoms with Gasteiger partial charge in [-0.2, -0.15) is 0 Å². The lowest BCUT2D eigenvalue weighted by Crippen LogP contribution is -2.13. The van der Waals surface area contributed by atoms with Gasteiger partial charge in [0.1, 0.15) is 4.92 Å². The topological polar surface area (TPSA) is 112 Å². The summed E-state index contributed by atoms with van der Waals surface area (Å²) in [5.74, 6) is -1.78. The smallest absolute Gasteiger partial charge is 0.433 e. The highest BCUT2D eigenvalue weighted by atomic mass is 16.6. The van der Waals surface area contributed by atoms with Gasteiger partial charge in [0, 0.05) is 5.69 Å². The van der Waals surface area contributed by atoms with Crippen LogP contribution in [0.1, 0.15) is 34.8 Å². The Morgan fingerprint density at radius 1 is 1.17 bits per heavy atom. The summed E-state index contributed by atoms with van der Waals surface area (Å²) in [6, 6.07) is 8.36. The second-order valence-electron chi connectivity index (χ2n) is 4.88. The summed E-state index contributed by atoms with van der Waals surface area (Å²) in [6.45, 7) is 3.49. The molecule has 23 heavy (non-hydrogen) atoms. The summed E-state index contributed by atoms with van der Waals surface area (Å²) < 4.78 is 9.85. The van der Waals surface area contributed by atoms with Gasteiger partial charge in [-0.15, -0.1) is 0 Å². The summed E-state index contributed by atoms with van der Waals surface area (Å²) in [4.78, 5) is 33.4. The van der Waals surface area contributed by atoms with Crippen molar-refractivity contribution in [2.75, 3.05) is 5.32 Å². The molecular formula is C15H14N2O6. The van der Waals surface area contributed by atoms with Crippen LogP contribution in [-0.2, 0) is 4.74 Å². The second kappa shape index (κ2) is 6.73. The normalized spacial score (nSPS) is 10.4. The third-order valence-electron chi connectivity index (χ3n) is 2.72. The number of carbonyl (C=O) groups is 2. The van der Waals surface area contributed by atoms with Crippen molar-refractivity contribution in [1.82, 2.24) is 0 Å². The number of anilines is 1. The summed E-state index contributed by atoms with van der Waals surface area (Å²) >= 11 is 0. The van der Waals surface area contributed by atoms with Gasteiger partial charge in [-0.05, 0) is 44.2 Å². The van der Waals surface area contributed by atoms with E-state index in [0.29, 0.717) is 11.3 Å². The van der Waals surface area contributed by atoms with Gasteiger partial charge >= 0.3 is 11.9 Å². The fourth-order valence-electron chi connectivity index (χ4n) is 1.71. The molecule has 2 rings (SSSR count). The Hall–Kier alpha value is -3.16. The van der Waals surface area contributed by atoms with E-state index in [2.05, 4.69) is 5.32 Å². The minimum atomic E-state index is -0.730. The minimum Gasteiger partial charge on any atom is -0.459 e. The van der Waals surface area contributed by atoms with Crippen molar-refractivity contribution in [1.29, 1.82) is 0 Å². The number of nitrogens with one attached hydrogen (secondary N) is 1. The molecule has 1 aromatic carbocycles. The van der Waals surface area contributed by atoms with Crippen LogP contribution < -0.4 is 5.32 Å². The molecule has 0 aliphatic rings. The van der Waals surface area contributed by atoms with Crippen LogP contribution in [0.2, 0.25) is 0 Å². The van der Waals surface area contributed by atoms with Gasteiger partial charge in [0.15, 0.2) is 5.76 Å². The average molecular weight is 318 g/mol. The van der Waals surface area contributed by atoms with Gasteiger partial charge in [-0.3, -0.25) is 14.9 Å². The Kier molecular flexibility index (Phi) is 4.75. The molecule has 0 spiro atoms. The number of nitrogens with zero attached hydrogens (tertiary/aromatic N) is 1. The molecule has 0 aliphatic carbocycles. The highest BCUT2D eigenvalue weighted by Gasteiger charge is 2.17. The van der Waals surface area contributed by atoms with Gasteiger partial charge < -0.3 is 14.5 Å². The Labute approximate surface area is 131 Å². The number of carbonyl (C=O) groups excluding carboxylic acids is 2. The lowest BCUT2D eigenvalue weighted by Gasteiger charge is -2.08. The summed E-state index contributed by atoms with van der Waals surface area (Å²) in [5.41, 5.74) is 0.764. The molecule has 1 heterocycles. The third-order valence-corrected chi connectivity index (χ3v) is 2.72. The fraction of sp³-hybridized carbons (Fsp3) is 0.200. The highest BCUT2D eigenvalue weighted by molar-refractivity contribution is 6.02. The predicted octanol–water partition coefficient (Wildman–Crippen LogP) is 3.01. The van der Waals surface area contributed by atoms with Crippen LogP contribution in [0.4, 0.5) is 11.6 Å². The predicted molar refractivity (Wildman–Crippen MR) is 80.3 cm³/mol. The monoisotopic (exact) mass is 318 g/mol. The van der Waals surface area contributed by atoms with E-state index in [1.54, 1.807) is 13.8 Å². The van der Waals surface area contributed by atoms with Crippen molar-refractivity contribution in [2.24, 2.45) is 0 Å². The fourth-order valence-corrected chi connectivity index (χ4v) is 1.71. The van der Waals surface area contributed by atoms with Gasteiger partial charge in [0.25, 0.3) is 5.91 Å². The van der Waals surface area contributed by atoms with Crippen molar-refractivity contribution in [3.63, 3.8) is 0 Å². The van der Waals surface area contributed by atoms with Crippen LogP contribution in [0, 0.1) is 10.1 Å². The van der Waals surface area contributed by atoms with Gasteiger partial charge in [0.05, 0.1) is 17.7 Å². The van der Waals surface area contributed by atoms with Crippen molar-refractivity contribution in [3.05, 3.63) is 57.8 Å². The van der Waals surface area contributed by atoms with Crippen molar-refractivity contribution in [3.8, 4) is 0 Å². The maximum Gasteiger partial charge on any atom is 0.433 e. The number of amides is 1. The van der Waals surface area contributed by atoms with Gasteiger partial charge in [-0.25, -0.2) is 4.79 Å². The standard InChI is InChI=1S/C15H14N2O6/c1-9(2)22-15(19)10-3-5-11(6-4-10)16-14(18)12-7-8-13(23-12)17(20)21/h3-9H,1-2H3,(H,16,18). The molecule has 2 aromatic rings.